The van der Waals surface area contributed by atoms with Gasteiger partial charge in [-0.25, -0.2) is 4.39 Å². The molecule has 1 heterocycles. The van der Waals surface area contributed by atoms with Crippen LogP contribution in [0, 0.1) is 5.82 Å². The van der Waals surface area contributed by atoms with Crippen LogP contribution >= 0.6 is 11.6 Å². The summed E-state index contributed by atoms with van der Waals surface area (Å²) in [4.78, 5) is 12.2. The largest absolute Gasteiger partial charge is 0.486 e. The maximum Gasteiger partial charge on any atom is 0.387 e. The molecule has 0 unspecified atom stereocenters. The lowest BCUT2D eigenvalue weighted by Crippen LogP contribution is -2.11. The van der Waals surface area contributed by atoms with Crippen LogP contribution in [0.2, 0.25) is 5.02 Å². The van der Waals surface area contributed by atoms with Crippen LogP contribution in [0.25, 0.3) is 0 Å². The number of alkyl halides is 2. The standard InChI is InChI=1S/C19H13ClF3NO4/c20-15-9-12(3-7-16(15)28-19(22)23)24-18(25)17-8-6-14(27-17)10-26-13-4-1-11(21)2-5-13/h1-9,19H,10H2,(H,24,25). The van der Waals surface area contributed by atoms with Crippen molar-refractivity contribution in [3.05, 3.63) is 77.0 Å². The zero-order valence-electron chi connectivity index (χ0n) is 14.1. The van der Waals surface area contributed by atoms with Gasteiger partial charge in [-0.05, 0) is 54.6 Å². The highest BCUT2D eigenvalue weighted by molar-refractivity contribution is 6.32. The molecule has 1 amide bonds. The first kappa shape index (κ1) is 19.6. The van der Waals surface area contributed by atoms with Crippen LogP contribution in [0.15, 0.2) is 59.0 Å². The summed E-state index contributed by atoms with van der Waals surface area (Å²) >= 11 is 5.84. The molecular formula is C19H13ClF3NO4. The van der Waals surface area contributed by atoms with Gasteiger partial charge in [-0.1, -0.05) is 11.6 Å². The zero-order chi connectivity index (χ0) is 20.1. The number of benzene rings is 2. The molecule has 9 heteroatoms. The Bertz CT molecular complexity index is 960. The monoisotopic (exact) mass is 411 g/mol. The molecule has 0 aliphatic carbocycles. The van der Waals surface area contributed by atoms with Gasteiger partial charge in [0.05, 0.1) is 5.02 Å². The van der Waals surface area contributed by atoms with Crippen molar-refractivity contribution in [2.45, 2.75) is 13.2 Å². The van der Waals surface area contributed by atoms with E-state index in [0.717, 1.165) is 0 Å². The highest BCUT2D eigenvalue weighted by atomic mass is 35.5. The van der Waals surface area contributed by atoms with E-state index in [4.69, 9.17) is 20.8 Å². The number of nitrogens with one attached hydrogen (secondary N) is 1. The minimum Gasteiger partial charge on any atom is -0.486 e. The number of amides is 1. The van der Waals surface area contributed by atoms with Crippen molar-refractivity contribution in [2.24, 2.45) is 0 Å². The van der Waals surface area contributed by atoms with Crippen LogP contribution < -0.4 is 14.8 Å². The van der Waals surface area contributed by atoms with Gasteiger partial charge >= 0.3 is 6.61 Å². The van der Waals surface area contributed by atoms with Gasteiger partial charge < -0.3 is 19.2 Å². The summed E-state index contributed by atoms with van der Waals surface area (Å²) in [7, 11) is 0. The number of hydrogen-bond donors (Lipinski definition) is 1. The summed E-state index contributed by atoms with van der Waals surface area (Å²) < 4.78 is 52.4. The van der Waals surface area contributed by atoms with E-state index in [2.05, 4.69) is 10.1 Å². The van der Waals surface area contributed by atoms with Crippen molar-refractivity contribution in [3.8, 4) is 11.5 Å². The molecule has 5 nitrogen and oxygen atoms in total. The van der Waals surface area contributed by atoms with E-state index >= 15 is 0 Å². The van der Waals surface area contributed by atoms with Crippen molar-refractivity contribution >= 4 is 23.2 Å². The maximum absolute atomic E-state index is 12.9. The van der Waals surface area contributed by atoms with Gasteiger partial charge in [-0.3, -0.25) is 4.79 Å². The summed E-state index contributed by atoms with van der Waals surface area (Å²) in [5, 5.41) is 2.45. The second kappa shape index (κ2) is 8.71. The first-order chi connectivity index (χ1) is 13.4. The normalized spacial score (nSPS) is 10.8. The molecule has 3 aromatic rings. The quantitative estimate of drug-likeness (QED) is 0.557. The van der Waals surface area contributed by atoms with Gasteiger partial charge in [0.2, 0.25) is 0 Å². The fourth-order valence-electron chi connectivity index (χ4n) is 2.23. The van der Waals surface area contributed by atoms with Crippen LogP contribution in [0.3, 0.4) is 0 Å². The van der Waals surface area contributed by atoms with E-state index in [1.807, 2.05) is 0 Å². The summed E-state index contributed by atoms with van der Waals surface area (Å²) in [5.74, 6) is -0.294. The molecule has 0 spiro atoms. The Morgan fingerprint density at radius 3 is 2.54 bits per heavy atom. The summed E-state index contributed by atoms with van der Waals surface area (Å²) in [6, 6.07) is 12.3. The van der Waals surface area contributed by atoms with Crippen molar-refractivity contribution in [3.63, 3.8) is 0 Å². The van der Waals surface area contributed by atoms with Gasteiger partial charge in [0, 0.05) is 5.69 Å². The van der Waals surface area contributed by atoms with Crippen molar-refractivity contribution in [1.82, 2.24) is 0 Å². The van der Waals surface area contributed by atoms with Crippen LogP contribution in [-0.4, -0.2) is 12.5 Å². The zero-order valence-corrected chi connectivity index (χ0v) is 14.9. The van der Waals surface area contributed by atoms with Gasteiger partial charge in [0.25, 0.3) is 5.91 Å². The minimum atomic E-state index is -3.00. The molecule has 2 aromatic carbocycles. The topological polar surface area (TPSA) is 60.7 Å². The summed E-state index contributed by atoms with van der Waals surface area (Å²) in [6.07, 6.45) is 0. The van der Waals surface area contributed by atoms with Crippen LogP contribution in [0.4, 0.5) is 18.9 Å². The number of anilines is 1. The smallest absolute Gasteiger partial charge is 0.387 e. The molecule has 0 aliphatic heterocycles. The Morgan fingerprint density at radius 2 is 1.86 bits per heavy atom. The molecule has 0 aliphatic rings. The number of carbonyl (C=O) groups excluding carboxylic acids is 1. The number of halogens is 4. The summed E-state index contributed by atoms with van der Waals surface area (Å²) in [6.45, 7) is -2.96. The Balaban J connectivity index is 1.59. The number of rotatable bonds is 7. The second-order valence-electron chi connectivity index (χ2n) is 5.49. The van der Waals surface area contributed by atoms with Crippen LogP contribution in [-0.2, 0) is 6.61 Å². The van der Waals surface area contributed by atoms with E-state index in [9.17, 15) is 18.0 Å². The van der Waals surface area contributed by atoms with Crippen molar-refractivity contribution < 1.29 is 31.9 Å². The fourth-order valence-corrected chi connectivity index (χ4v) is 2.45. The average molecular weight is 412 g/mol. The lowest BCUT2D eigenvalue weighted by atomic mass is 10.3. The average Bonchev–Trinajstić information content (AvgIpc) is 3.12. The highest BCUT2D eigenvalue weighted by Crippen LogP contribution is 2.29. The van der Waals surface area contributed by atoms with E-state index in [1.165, 1.54) is 48.5 Å². The van der Waals surface area contributed by atoms with Gasteiger partial charge in [-0.15, -0.1) is 0 Å². The molecule has 28 heavy (non-hydrogen) atoms. The third-order valence-electron chi connectivity index (χ3n) is 3.49. The molecule has 146 valence electrons. The van der Waals surface area contributed by atoms with E-state index < -0.39 is 12.5 Å². The van der Waals surface area contributed by atoms with Gasteiger partial charge in [-0.2, -0.15) is 8.78 Å². The Labute approximate surface area is 162 Å². The third kappa shape index (κ3) is 5.20. The van der Waals surface area contributed by atoms with Crippen molar-refractivity contribution in [1.29, 1.82) is 0 Å². The predicted octanol–water partition coefficient (Wildman–Crippen LogP) is 5.50. The van der Waals surface area contributed by atoms with Crippen LogP contribution in [0.1, 0.15) is 16.3 Å². The SMILES string of the molecule is O=C(Nc1ccc(OC(F)F)c(Cl)c1)c1ccc(COc2ccc(F)cc2)o1. The second-order valence-corrected chi connectivity index (χ2v) is 5.89. The molecular weight excluding hydrogens is 399 g/mol. The summed E-state index contributed by atoms with van der Waals surface area (Å²) in [5.41, 5.74) is 0.275. The molecule has 0 saturated carbocycles. The fraction of sp³-hybridized carbons (Fsp3) is 0.105. The minimum absolute atomic E-state index is 0.0155. The molecule has 1 N–H and O–H groups in total. The molecule has 0 saturated heterocycles. The lowest BCUT2D eigenvalue weighted by molar-refractivity contribution is -0.0497. The van der Waals surface area contributed by atoms with Crippen LogP contribution in [0.5, 0.6) is 11.5 Å². The Morgan fingerprint density at radius 1 is 1.11 bits per heavy atom. The number of furan rings is 1. The van der Waals surface area contributed by atoms with Gasteiger partial charge in [0.1, 0.15) is 29.7 Å². The first-order valence-electron chi connectivity index (χ1n) is 7.93. The molecule has 0 fully saturated rings. The maximum atomic E-state index is 12.9. The Kier molecular flexibility index (Phi) is 6.10. The van der Waals surface area contributed by atoms with E-state index in [1.54, 1.807) is 6.07 Å². The predicted molar refractivity (Wildman–Crippen MR) is 95.5 cm³/mol. The molecule has 0 atom stereocenters. The number of hydrogen-bond acceptors (Lipinski definition) is 4. The third-order valence-corrected chi connectivity index (χ3v) is 3.78. The highest BCUT2D eigenvalue weighted by Gasteiger charge is 2.14. The van der Waals surface area contributed by atoms with E-state index in [0.29, 0.717) is 11.5 Å². The number of carbonyl (C=O) groups is 1. The molecule has 1 aromatic heterocycles. The molecule has 3 rings (SSSR count). The number of ether oxygens (including phenoxy) is 2. The van der Waals surface area contributed by atoms with E-state index in [-0.39, 0.29) is 34.6 Å². The molecule has 0 bridgehead atoms. The van der Waals surface area contributed by atoms with Gasteiger partial charge in [0.15, 0.2) is 5.76 Å². The Hall–Kier alpha value is -3.13. The molecule has 0 radical (unpaired) electrons. The first-order valence-corrected chi connectivity index (χ1v) is 8.31. The van der Waals surface area contributed by atoms with Crippen molar-refractivity contribution in [2.75, 3.05) is 5.32 Å². The lowest BCUT2D eigenvalue weighted by Gasteiger charge is -2.09.